The Kier molecular flexibility index (Phi) is 2.46. The number of amides is 1. The third kappa shape index (κ3) is 4.73. The molecule has 0 radical (unpaired) electrons. The van der Waals surface area contributed by atoms with Gasteiger partial charge in [0.15, 0.2) is 0 Å². The third-order valence-corrected chi connectivity index (χ3v) is 4.16. The average Bonchev–Trinajstić information content (AvgIpc) is 2.92. The number of likely N-dealkylation sites (tertiary alicyclic amines) is 1. The molecule has 2 aromatic rings. The molecular weight excluding hydrogens is 320 g/mol. The molecule has 26 heavy (non-hydrogen) atoms. The smallest absolute Gasteiger partial charge is 0.226 e. The Bertz CT molecular complexity index is 1340. The van der Waals surface area contributed by atoms with E-state index in [0.29, 0.717) is 4.90 Å². The zero-order valence-electron chi connectivity index (χ0n) is 30.4. The average molecular weight is 367 g/mol. The van der Waals surface area contributed by atoms with Crippen LogP contribution in [0.2, 0.25) is 0 Å². The monoisotopic (exact) mass is 366 g/mol. The van der Waals surface area contributed by atoms with Crippen LogP contribution in [-0.2, 0) is 11.2 Å². The first-order valence-electron chi connectivity index (χ1n) is 16.3. The van der Waals surface area contributed by atoms with Crippen molar-refractivity contribution in [2.75, 3.05) is 24.5 Å². The van der Waals surface area contributed by atoms with Crippen LogP contribution in [-0.4, -0.2) is 36.4 Å². The summed E-state index contributed by atoms with van der Waals surface area (Å²) in [5.41, 5.74) is -0.591. The maximum absolute atomic E-state index is 13.5. The molecule has 1 saturated heterocycles. The summed E-state index contributed by atoms with van der Waals surface area (Å²) in [5.74, 6) is -1.62. The van der Waals surface area contributed by atoms with Crippen molar-refractivity contribution in [3.05, 3.63) is 65.5 Å². The van der Waals surface area contributed by atoms with Gasteiger partial charge in [0.2, 0.25) is 5.91 Å². The lowest BCUT2D eigenvalue weighted by molar-refractivity contribution is -0.119. The highest BCUT2D eigenvalue weighted by Crippen LogP contribution is 2.24. The molecule has 138 valence electrons. The van der Waals surface area contributed by atoms with Crippen molar-refractivity contribution in [2.24, 2.45) is 0 Å². The maximum Gasteiger partial charge on any atom is 0.226 e. The first-order chi connectivity index (χ1) is 19.1. The van der Waals surface area contributed by atoms with E-state index < -0.39 is 86.1 Å². The summed E-state index contributed by atoms with van der Waals surface area (Å²) < 4.78 is 129. The van der Waals surface area contributed by atoms with Crippen molar-refractivity contribution in [2.45, 2.75) is 45.5 Å². The predicted octanol–water partition coefficient (Wildman–Crippen LogP) is 4.45. The number of piperidine rings is 1. The molecule has 3 heteroatoms. The maximum atomic E-state index is 13.5. The molecule has 1 heterocycles. The van der Waals surface area contributed by atoms with Crippen LogP contribution in [0.4, 0.5) is 5.69 Å². The van der Waals surface area contributed by atoms with Crippen LogP contribution in [0.25, 0.3) is 0 Å². The molecule has 0 saturated carbocycles. The molecule has 2 aromatic carbocycles. The first-order valence-corrected chi connectivity index (χ1v) is 8.29. The van der Waals surface area contributed by atoms with Crippen LogP contribution in [0.15, 0.2) is 54.4 Å². The van der Waals surface area contributed by atoms with Gasteiger partial charge >= 0.3 is 0 Å². The van der Waals surface area contributed by atoms with E-state index in [9.17, 15) is 4.79 Å². The van der Waals surface area contributed by atoms with Crippen LogP contribution in [0, 0.1) is 6.92 Å². The van der Waals surface area contributed by atoms with Gasteiger partial charge in [-0.3, -0.25) is 4.79 Å². The van der Waals surface area contributed by atoms with Gasteiger partial charge in [0.25, 0.3) is 0 Å². The molecule has 0 aromatic heterocycles. The summed E-state index contributed by atoms with van der Waals surface area (Å²) >= 11 is 0. The highest BCUT2D eigenvalue weighted by Gasteiger charge is 2.28. The van der Waals surface area contributed by atoms with Crippen LogP contribution in [0.5, 0.6) is 0 Å². The number of nitrogens with zero attached hydrogens (tertiary/aromatic N) is 2. The Morgan fingerprint density at radius 2 is 2.00 bits per heavy atom. The summed E-state index contributed by atoms with van der Waals surface area (Å²) in [5, 5.41) is 0. The minimum atomic E-state index is -3.48. The number of para-hydroxylation sites is 1. The largest absolute Gasteiger partial charge is 0.309 e. The minimum absolute atomic E-state index is 0.0533. The van der Waals surface area contributed by atoms with E-state index in [1.807, 2.05) is 0 Å². The van der Waals surface area contributed by atoms with E-state index in [4.69, 9.17) is 21.9 Å². The number of hydrogen-bond acceptors (Lipinski definition) is 2. The first kappa shape index (κ1) is 7.12. The fourth-order valence-electron chi connectivity index (χ4n) is 2.92. The molecule has 0 atom stereocenters. The highest BCUT2D eigenvalue weighted by atomic mass is 16.2. The van der Waals surface area contributed by atoms with E-state index in [1.165, 1.54) is 11.8 Å². The summed E-state index contributed by atoms with van der Waals surface area (Å²) in [6.45, 7) is -4.37. The van der Waals surface area contributed by atoms with Gasteiger partial charge in [-0.15, -0.1) is 0 Å². The van der Waals surface area contributed by atoms with E-state index >= 15 is 0 Å². The molecule has 0 N–H and O–H groups in total. The van der Waals surface area contributed by atoms with Gasteiger partial charge < -0.3 is 9.80 Å². The summed E-state index contributed by atoms with van der Waals surface area (Å²) in [4.78, 5) is 15.5. The summed E-state index contributed by atoms with van der Waals surface area (Å²) in [6.07, 6.45) is -4.14. The van der Waals surface area contributed by atoms with E-state index in [0.717, 1.165) is 0 Å². The summed E-state index contributed by atoms with van der Waals surface area (Å²) in [7, 11) is 0. The Hall–Kier alpha value is -2.13. The fraction of sp³-hybridized carbons (Fsp3) is 0.435. The molecule has 0 unspecified atom stereocenters. The van der Waals surface area contributed by atoms with Crippen LogP contribution >= 0.6 is 0 Å². The van der Waals surface area contributed by atoms with Gasteiger partial charge in [0, 0.05) is 47.3 Å². The number of carbonyl (C=O) groups is 1. The normalized spacial score (nSPS) is 26.2. The van der Waals surface area contributed by atoms with Crippen molar-refractivity contribution in [3.8, 4) is 0 Å². The zero-order valence-corrected chi connectivity index (χ0v) is 14.4. The molecular formula is C23H30N2O. The van der Waals surface area contributed by atoms with Crippen LogP contribution < -0.4 is 4.90 Å². The second-order valence-electron chi connectivity index (χ2n) is 5.93. The number of carbonyl (C=O) groups excluding carboxylic acids is 1. The minimum Gasteiger partial charge on any atom is -0.309 e. The number of benzene rings is 2. The summed E-state index contributed by atoms with van der Waals surface area (Å²) in [6, 6.07) is -6.42. The molecule has 0 spiro atoms. The lowest BCUT2D eigenvalue weighted by Gasteiger charge is -2.38. The standard InChI is InChI=1S/C23H30N2O/c1-3-23(26)25(21-10-5-4-6-11-21)22-13-16-24(17-14-22)15-12-20-9-7-8-19(2)18-20/h4-11,18,22H,3,12-17H2,1-2H3/i1D3,3D2,4D,5D,6D,7D,8D,9D,10D,11D,15D2,18D. The molecule has 1 amide bonds. The molecule has 1 aliphatic rings. The topological polar surface area (TPSA) is 23.6 Å². The Labute approximate surface area is 180 Å². The highest BCUT2D eigenvalue weighted by molar-refractivity contribution is 5.93. The Morgan fingerprint density at radius 3 is 2.73 bits per heavy atom. The van der Waals surface area contributed by atoms with Gasteiger partial charge in [-0.05, 0) is 43.8 Å². The van der Waals surface area contributed by atoms with Gasteiger partial charge in [0.1, 0.15) is 0 Å². The Balaban J connectivity index is 2.00. The molecule has 0 bridgehead atoms. The lowest BCUT2D eigenvalue weighted by atomic mass is 10.0. The molecule has 0 aliphatic carbocycles. The second kappa shape index (κ2) is 9.00. The molecule has 1 aliphatic heterocycles. The number of anilines is 1. The van der Waals surface area contributed by atoms with E-state index in [-0.39, 0.29) is 49.1 Å². The van der Waals surface area contributed by atoms with Crippen molar-refractivity contribution in [1.29, 1.82) is 0 Å². The number of hydrogen-bond donors (Lipinski definition) is 0. The zero-order chi connectivity index (χ0) is 32.3. The number of rotatable bonds is 6. The van der Waals surface area contributed by atoms with Gasteiger partial charge in [-0.2, -0.15) is 0 Å². The molecule has 3 nitrogen and oxygen atoms in total. The SMILES string of the molecule is [2H]c1c([2H])c([2H])c(N(C(=O)C([2H])([2H])C([2H])([2H])[2H])C2CCN(C([2H])([2H])Cc3c([2H])c([2H])c([2H])c(C)c3[2H])CC2)c([2H])c1[2H]. The quantitative estimate of drug-likeness (QED) is 0.754. The second-order valence-corrected chi connectivity index (χ2v) is 5.93. The van der Waals surface area contributed by atoms with Crippen molar-refractivity contribution in [3.63, 3.8) is 0 Å². The Morgan fingerprint density at radius 1 is 1.23 bits per heavy atom. The third-order valence-electron chi connectivity index (χ3n) is 4.16. The fourth-order valence-corrected chi connectivity index (χ4v) is 2.92. The van der Waals surface area contributed by atoms with E-state index in [2.05, 4.69) is 0 Å². The van der Waals surface area contributed by atoms with Gasteiger partial charge in [0.05, 0.1) is 12.3 Å². The van der Waals surface area contributed by atoms with Gasteiger partial charge in [-0.25, -0.2) is 0 Å². The van der Waals surface area contributed by atoms with Crippen molar-refractivity contribution < 1.29 is 26.7 Å². The van der Waals surface area contributed by atoms with Gasteiger partial charge in [-0.1, -0.05) is 54.7 Å². The molecule has 1 fully saturated rings. The van der Waals surface area contributed by atoms with Crippen molar-refractivity contribution in [1.82, 2.24) is 4.90 Å². The van der Waals surface area contributed by atoms with Crippen LogP contribution in [0.1, 0.15) is 59.1 Å². The van der Waals surface area contributed by atoms with Crippen LogP contribution in [0.3, 0.4) is 0 Å². The van der Waals surface area contributed by atoms with E-state index in [1.54, 1.807) is 0 Å². The predicted molar refractivity (Wildman–Crippen MR) is 109 cm³/mol. The lowest BCUT2D eigenvalue weighted by Crippen LogP contribution is -2.47. The van der Waals surface area contributed by atoms with Crippen molar-refractivity contribution >= 4 is 11.6 Å². The molecule has 3 rings (SSSR count).